The highest BCUT2D eigenvalue weighted by atomic mass is 19.2. The van der Waals surface area contributed by atoms with Crippen LogP contribution in [-0.2, 0) is 0 Å². The van der Waals surface area contributed by atoms with Crippen LogP contribution in [0.1, 0.15) is 80.1 Å². The minimum Gasteiger partial charge on any atom is -0.494 e. The van der Waals surface area contributed by atoms with Crippen LogP contribution in [0.5, 0.6) is 11.5 Å². The molecule has 1 aliphatic carbocycles. The van der Waals surface area contributed by atoms with Gasteiger partial charge in [-0.1, -0.05) is 50.8 Å². The maximum absolute atomic E-state index is 15.0. The first-order valence-electron chi connectivity index (χ1n) is 13.2. The van der Waals surface area contributed by atoms with E-state index < -0.39 is 34.8 Å². The lowest BCUT2D eigenvalue weighted by molar-refractivity contribution is 0.0728. The van der Waals surface area contributed by atoms with Gasteiger partial charge in [-0.3, -0.25) is 0 Å². The number of methoxy groups -OCH3 is 1. The molecule has 3 nitrogen and oxygen atoms in total. The fraction of sp³-hybridized carbons (Fsp3) is 0.387. The summed E-state index contributed by atoms with van der Waals surface area (Å²) in [6.45, 7) is 2.18. The number of esters is 1. The molecule has 0 saturated heterocycles. The van der Waals surface area contributed by atoms with Crippen LogP contribution >= 0.6 is 0 Å². The number of ether oxygens (including phenoxy) is 2. The molecule has 1 saturated carbocycles. The number of rotatable bonds is 9. The predicted molar refractivity (Wildman–Crippen MR) is 139 cm³/mol. The number of hydrogen-bond donors (Lipinski definition) is 0. The maximum Gasteiger partial charge on any atom is 0.346 e. The van der Waals surface area contributed by atoms with E-state index in [4.69, 9.17) is 9.47 Å². The zero-order chi connectivity index (χ0) is 27.2. The third-order valence-electron chi connectivity index (χ3n) is 7.48. The van der Waals surface area contributed by atoms with E-state index in [9.17, 15) is 22.4 Å². The molecule has 0 spiro atoms. The molecular formula is C31H32F4O3. The fourth-order valence-electron chi connectivity index (χ4n) is 5.26. The summed E-state index contributed by atoms with van der Waals surface area (Å²) < 4.78 is 68.3. The lowest BCUT2D eigenvalue weighted by atomic mass is 9.76. The third kappa shape index (κ3) is 6.03. The molecule has 3 aromatic carbocycles. The van der Waals surface area contributed by atoms with Crippen molar-refractivity contribution >= 4 is 5.97 Å². The first-order chi connectivity index (χ1) is 18.3. The molecule has 1 fully saturated rings. The highest BCUT2D eigenvalue weighted by Gasteiger charge is 2.28. The number of unbranched alkanes of at least 4 members (excludes halogenated alkanes) is 2. The Morgan fingerprint density at radius 1 is 0.816 bits per heavy atom. The normalized spacial score (nSPS) is 17.3. The summed E-state index contributed by atoms with van der Waals surface area (Å²) in [6.07, 6.45) is 8.43. The van der Waals surface area contributed by atoms with E-state index in [-0.39, 0.29) is 23.0 Å². The summed E-state index contributed by atoms with van der Waals surface area (Å²) in [6, 6.07) is 11.1. The van der Waals surface area contributed by atoms with Gasteiger partial charge in [-0.2, -0.15) is 4.39 Å². The smallest absolute Gasteiger partial charge is 0.346 e. The fourth-order valence-corrected chi connectivity index (χ4v) is 5.26. The van der Waals surface area contributed by atoms with Crippen molar-refractivity contribution in [2.75, 3.05) is 7.11 Å². The van der Waals surface area contributed by atoms with Crippen molar-refractivity contribution in [3.63, 3.8) is 0 Å². The van der Waals surface area contributed by atoms with Crippen LogP contribution in [0.25, 0.3) is 11.1 Å². The third-order valence-corrected chi connectivity index (χ3v) is 7.48. The molecule has 0 N–H and O–H groups in total. The second kappa shape index (κ2) is 12.5. The van der Waals surface area contributed by atoms with Crippen LogP contribution in [0.15, 0.2) is 48.5 Å². The molecule has 0 heterocycles. The number of carbonyl (C=O) groups is 1. The summed E-state index contributed by atoms with van der Waals surface area (Å²) in [4.78, 5) is 12.6. The summed E-state index contributed by atoms with van der Waals surface area (Å²) >= 11 is 0. The van der Waals surface area contributed by atoms with Crippen molar-refractivity contribution in [3.05, 3.63) is 82.9 Å². The molecule has 202 valence electrons. The van der Waals surface area contributed by atoms with Crippen LogP contribution in [0, 0.1) is 29.2 Å². The number of carbonyl (C=O) groups excluding carboxylic acids is 1. The Kier molecular flexibility index (Phi) is 9.08. The van der Waals surface area contributed by atoms with E-state index in [1.807, 2.05) is 0 Å². The standard InChI is InChI=1S/C31H32F4O3/c1-3-4-5-6-19-7-9-20(10-8-19)23-15-16-25(29(34)27(23)32)31(36)38-22-13-11-21(12-14-22)24-17-18-26(37-2)30(35)28(24)33/h11-20H,3-10H2,1-2H3. The second-order valence-corrected chi connectivity index (χ2v) is 9.90. The van der Waals surface area contributed by atoms with Crippen molar-refractivity contribution in [1.82, 2.24) is 0 Å². The molecule has 0 aliphatic heterocycles. The summed E-state index contributed by atoms with van der Waals surface area (Å²) in [7, 11) is 1.24. The number of halogens is 4. The Labute approximate surface area is 220 Å². The van der Waals surface area contributed by atoms with Gasteiger partial charge in [0.1, 0.15) is 5.75 Å². The lowest BCUT2D eigenvalue weighted by Crippen LogP contribution is -2.17. The lowest BCUT2D eigenvalue weighted by Gasteiger charge is -2.29. The van der Waals surface area contributed by atoms with Crippen molar-refractivity contribution in [1.29, 1.82) is 0 Å². The summed E-state index contributed by atoms with van der Waals surface area (Å²) in [5, 5.41) is 0. The van der Waals surface area contributed by atoms with Gasteiger partial charge in [-0.05, 0) is 79.0 Å². The molecule has 0 aromatic heterocycles. The minimum atomic E-state index is -1.22. The average molecular weight is 529 g/mol. The molecule has 0 amide bonds. The van der Waals surface area contributed by atoms with E-state index in [1.165, 1.54) is 81.3 Å². The average Bonchev–Trinajstić information content (AvgIpc) is 2.93. The van der Waals surface area contributed by atoms with Crippen LogP contribution in [0.4, 0.5) is 17.6 Å². The first-order valence-corrected chi connectivity index (χ1v) is 13.2. The van der Waals surface area contributed by atoms with Crippen LogP contribution in [0.2, 0.25) is 0 Å². The Bertz CT molecular complexity index is 1270. The van der Waals surface area contributed by atoms with Crippen molar-refractivity contribution in [2.45, 2.75) is 64.2 Å². The van der Waals surface area contributed by atoms with Gasteiger partial charge >= 0.3 is 5.97 Å². The molecule has 0 radical (unpaired) electrons. The van der Waals surface area contributed by atoms with Gasteiger partial charge in [-0.25, -0.2) is 18.0 Å². The van der Waals surface area contributed by atoms with Gasteiger partial charge in [0.2, 0.25) is 5.82 Å². The summed E-state index contributed by atoms with van der Waals surface area (Å²) in [5.74, 6) is -5.02. The van der Waals surface area contributed by atoms with Crippen LogP contribution in [-0.4, -0.2) is 13.1 Å². The van der Waals surface area contributed by atoms with E-state index in [0.29, 0.717) is 17.0 Å². The second-order valence-electron chi connectivity index (χ2n) is 9.90. The van der Waals surface area contributed by atoms with E-state index >= 15 is 0 Å². The van der Waals surface area contributed by atoms with E-state index in [2.05, 4.69) is 6.92 Å². The molecule has 4 rings (SSSR count). The Hall–Kier alpha value is -3.35. The Morgan fingerprint density at radius 2 is 1.53 bits per heavy atom. The quantitative estimate of drug-likeness (QED) is 0.120. The zero-order valence-corrected chi connectivity index (χ0v) is 21.7. The molecule has 38 heavy (non-hydrogen) atoms. The molecule has 3 aromatic rings. The van der Waals surface area contributed by atoms with Crippen molar-refractivity contribution < 1.29 is 31.8 Å². The van der Waals surface area contributed by atoms with Gasteiger partial charge < -0.3 is 9.47 Å². The Morgan fingerprint density at radius 3 is 2.18 bits per heavy atom. The van der Waals surface area contributed by atoms with Crippen LogP contribution < -0.4 is 9.47 Å². The highest BCUT2D eigenvalue weighted by molar-refractivity contribution is 5.91. The summed E-state index contributed by atoms with van der Waals surface area (Å²) in [5.41, 5.74) is 0.154. The SMILES string of the molecule is CCCCCC1CCC(c2ccc(C(=O)Oc3ccc(-c4ccc(OC)c(F)c4F)cc3)c(F)c2F)CC1. The molecular weight excluding hydrogens is 496 g/mol. The van der Waals surface area contributed by atoms with Gasteiger partial charge in [0, 0.05) is 5.56 Å². The Balaban J connectivity index is 1.42. The molecule has 1 aliphatic rings. The number of benzene rings is 3. The molecule has 0 unspecified atom stereocenters. The topological polar surface area (TPSA) is 35.5 Å². The predicted octanol–water partition coefficient (Wildman–Crippen LogP) is 8.99. The van der Waals surface area contributed by atoms with Gasteiger partial charge in [0.25, 0.3) is 0 Å². The monoisotopic (exact) mass is 528 g/mol. The maximum atomic E-state index is 15.0. The zero-order valence-electron chi connectivity index (χ0n) is 21.7. The van der Waals surface area contributed by atoms with E-state index in [0.717, 1.165) is 25.7 Å². The first kappa shape index (κ1) is 27.7. The van der Waals surface area contributed by atoms with Crippen LogP contribution in [0.3, 0.4) is 0 Å². The molecule has 0 bridgehead atoms. The van der Waals surface area contributed by atoms with Gasteiger partial charge in [-0.15, -0.1) is 0 Å². The number of hydrogen-bond acceptors (Lipinski definition) is 3. The van der Waals surface area contributed by atoms with Crippen molar-refractivity contribution in [3.8, 4) is 22.6 Å². The van der Waals surface area contributed by atoms with Gasteiger partial charge in [0.05, 0.1) is 12.7 Å². The molecule has 7 heteroatoms. The van der Waals surface area contributed by atoms with E-state index in [1.54, 1.807) is 0 Å². The largest absolute Gasteiger partial charge is 0.494 e. The highest BCUT2D eigenvalue weighted by Crippen LogP contribution is 2.39. The molecule has 0 atom stereocenters. The van der Waals surface area contributed by atoms with Gasteiger partial charge in [0.15, 0.2) is 23.2 Å². The van der Waals surface area contributed by atoms with Crippen molar-refractivity contribution in [2.24, 2.45) is 5.92 Å². The minimum absolute atomic E-state index is 0.000117.